The van der Waals surface area contributed by atoms with E-state index < -0.39 is 0 Å². The van der Waals surface area contributed by atoms with Gasteiger partial charge >= 0.3 is 0 Å². The number of rotatable bonds is 5. The summed E-state index contributed by atoms with van der Waals surface area (Å²) in [7, 11) is 0. The Balaban J connectivity index is 1.89. The number of hydrogen-bond donors (Lipinski definition) is 1. The minimum atomic E-state index is -0.122. The molecule has 0 saturated carbocycles. The van der Waals surface area contributed by atoms with Crippen molar-refractivity contribution >= 4 is 22.0 Å². The van der Waals surface area contributed by atoms with E-state index in [9.17, 15) is 4.79 Å². The van der Waals surface area contributed by atoms with Crippen molar-refractivity contribution in [2.24, 2.45) is 0 Å². The fourth-order valence-corrected chi connectivity index (χ4v) is 3.44. The molecule has 0 aliphatic rings. The van der Waals surface area contributed by atoms with E-state index in [1.807, 2.05) is 6.92 Å². The van der Waals surface area contributed by atoms with E-state index in [4.69, 9.17) is 0 Å². The zero-order valence-corrected chi connectivity index (χ0v) is 14.4. The van der Waals surface area contributed by atoms with E-state index in [2.05, 4.69) is 47.4 Å². The van der Waals surface area contributed by atoms with Gasteiger partial charge in [-0.2, -0.15) is 9.61 Å². The van der Waals surface area contributed by atoms with Gasteiger partial charge in [-0.25, -0.2) is 4.98 Å². The van der Waals surface area contributed by atoms with Gasteiger partial charge in [-0.3, -0.25) is 4.79 Å². The first-order valence-corrected chi connectivity index (χ1v) is 8.65. The fourth-order valence-electron chi connectivity index (χ4n) is 2.58. The summed E-state index contributed by atoms with van der Waals surface area (Å²) in [5.41, 5.74) is 4.23. The normalized spacial score (nSPS) is 11.1. The molecule has 6 heteroatoms. The van der Waals surface area contributed by atoms with Crippen LogP contribution in [-0.4, -0.2) is 14.6 Å². The molecule has 0 radical (unpaired) electrons. The van der Waals surface area contributed by atoms with Crippen molar-refractivity contribution < 1.29 is 0 Å². The van der Waals surface area contributed by atoms with Crippen LogP contribution in [0, 0.1) is 6.92 Å². The Bertz CT molecular complexity index is 897. The van der Waals surface area contributed by atoms with Crippen LogP contribution in [0.4, 0.5) is 5.69 Å². The van der Waals surface area contributed by atoms with E-state index in [-0.39, 0.29) is 5.56 Å². The third-order valence-corrected chi connectivity index (χ3v) is 4.88. The first-order chi connectivity index (χ1) is 11.1. The Hall–Kier alpha value is -2.21. The molecule has 1 aromatic carbocycles. The van der Waals surface area contributed by atoms with E-state index in [0.717, 1.165) is 29.2 Å². The maximum atomic E-state index is 12.2. The van der Waals surface area contributed by atoms with Crippen molar-refractivity contribution in [3.63, 3.8) is 0 Å². The second-order valence-corrected chi connectivity index (χ2v) is 6.49. The molecule has 5 nitrogen and oxygen atoms in total. The van der Waals surface area contributed by atoms with E-state index in [0.29, 0.717) is 11.5 Å². The highest BCUT2D eigenvalue weighted by Crippen LogP contribution is 2.21. The third kappa shape index (κ3) is 3.12. The zero-order valence-electron chi connectivity index (χ0n) is 13.6. The van der Waals surface area contributed by atoms with Gasteiger partial charge in [0.1, 0.15) is 5.01 Å². The second kappa shape index (κ2) is 6.50. The summed E-state index contributed by atoms with van der Waals surface area (Å²) >= 11 is 1.47. The SMILES string of the molecule is CCc1nn2c(=O)cc(CNc3c(C)cccc3CC)nc2s1. The number of nitrogens with zero attached hydrogens (tertiary/aromatic N) is 3. The molecule has 0 saturated heterocycles. The number of aryl methyl sites for hydroxylation is 3. The molecule has 0 amide bonds. The smallest absolute Gasteiger partial charge is 0.275 e. The van der Waals surface area contributed by atoms with Gasteiger partial charge in [0, 0.05) is 11.8 Å². The summed E-state index contributed by atoms with van der Waals surface area (Å²) in [5.74, 6) is 0. The number of aromatic nitrogens is 3. The molecule has 3 rings (SSSR count). The van der Waals surface area contributed by atoms with E-state index in [1.54, 1.807) is 6.07 Å². The maximum Gasteiger partial charge on any atom is 0.275 e. The first-order valence-electron chi connectivity index (χ1n) is 7.83. The molecule has 0 spiro atoms. The van der Waals surface area contributed by atoms with Crippen LogP contribution in [0.5, 0.6) is 0 Å². The van der Waals surface area contributed by atoms with Crippen molar-refractivity contribution in [2.45, 2.75) is 40.2 Å². The van der Waals surface area contributed by atoms with Crippen LogP contribution in [0.25, 0.3) is 4.96 Å². The van der Waals surface area contributed by atoms with Crippen LogP contribution in [0.15, 0.2) is 29.1 Å². The molecule has 0 fully saturated rings. The molecule has 23 heavy (non-hydrogen) atoms. The van der Waals surface area contributed by atoms with Gasteiger partial charge in [-0.1, -0.05) is 43.4 Å². The number of anilines is 1. The zero-order chi connectivity index (χ0) is 16.4. The van der Waals surface area contributed by atoms with Crippen molar-refractivity contribution in [3.8, 4) is 0 Å². The lowest BCUT2D eigenvalue weighted by Crippen LogP contribution is -2.17. The second-order valence-electron chi connectivity index (χ2n) is 5.45. The Morgan fingerprint density at radius 2 is 2.09 bits per heavy atom. The van der Waals surface area contributed by atoms with Crippen molar-refractivity contribution in [1.82, 2.24) is 14.6 Å². The van der Waals surface area contributed by atoms with Gasteiger partial charge in [0.15, 0.2) is 0 Å². The summed E-state index contributed by atoms with van der Waals surface area (Å²) in [5, 5.41) is 8.63. The number of para-hydroxylation sites is 1. The van der Waals surface area contributed by atoms with Gasteiger partial charge < -0.3 is 5.32 Å². The molecule has 0 aliphatic heterocycles. The summed E-state index contributed by atoms with van der Waals surface area (Å²) < 4.78 is 1.39. The average molecular weight is 328 g/mol. The van der Waals surface area contributed by atoms with Crippen molar-refractivity contribution in [1.29, 1.82) is 0 Å². The van der Waals surface area contributed by atoms with Crippen LogP contribution >= 0.6 is 11.3 Å². The molecule has 0 unspecified atom stereocenters. The average Bonchev–Trinajstić information content (AvgIpc) is 2.97. The molecule has 0 aliphatic carbocycles. The van der Waals surface area contributed by atoms with Crippen molar-refractivity contribution in [3.05, 3.63) is 56.4 Å². The van der Waals surface area contributed by atoms with Crippen LogP contribution in [0.1, 0.15) is 35.7 Å². The van der Waals surface area contributed by atoms with Crippen LogP contribution in [0.2, 0.25) is 0 Å². The highest BCUT2D eigenvalue weighted by atomic mass is 32.1. The van der Waals surface area contributed by atoms with Gasteiger partial charge in [-0.05, 0) is 30.9 Å². The monoisotopic (exact) mass is 328 g/mol. The molecule has 3 aromatic rings. The number of fused-ring (bicyclic) bond motifs is 1. The maximum absolute atomic E-state index is 12.2. The molecule has 120 valence electrons. The van der Waals surface area contributed by atoms with Gasteiger partial charge in [-0.15, -0.1) is 0 Å². The number of nitrogens with one attached hydrogen (secondary N) is 1. The predicted molar refractivity (Wildman–Crippen MR) is 94.4 cm³/mol. The predicted octanol–water partition coefficient (Wildman–Crippen LogP) is 3.20. The van der Waals surface area contributed by atoms with Crippen LogP contribution in [0.3, 0.4) is 0 Å². The Kier molecular flexibility index (Phi) is 4.43. The Morgan fingerprint density at radius 1 is 1.26 bits per heavy atom. The Morgan fingerprint density at radius 3 is 2.83 bits per heavy atom. The molecule has 0 atom stereocenters. The quantitative estimate of drug-likeness (QED) is 0.781. The van der Waals surface area contributed by atoms with Gasteiger partial charge in [0.25, 0.3) is 5.56 Å². The lowest BCUT2D eigenvalue weighted by molar-refractivity contribution is 0.846. The highest BCUT2D eigenvalue weighted by molar-refractivity contribution is 7.16. The largest absolute Gasteiger partial charge is 0.379 e. The minimum absolute atomic E-state index is 0.122. The lowest BCUT2D eigenvalue weighted by atomic mass is 10.1. The van der Waals surface area contributed by atoms with Crippen LogP contribution in [-0.2, 0) is 19.4 Å². The van der Waals surface area contributed by atoms with Crippen molar-refractivity contribution in [2.75, 3.05) is 5.32 Å². The summed E-state index contributed by atoms with van der Waals surface area (Å²) in [4.78, 5) is 17.4. The standard InChI is InChI=1S/C17H20N4OS/c1-4-12-8-6-7-11(3)16(12)18-10-13-9-15(22)21-17(19-13)23-14(5-2)20-21/h6-9,18H,4-5,10H2,1-3H3. The summed E-state index contributed by atoms with van der Waals surface area (Å²) in [6, 6.07) is 7.84. The van der Waals surface area contributed by atoms with Gasteiger partial charge in [0.2, 0.25) is 4.96 Å². The molecule has 2 heterocycles. The fraction of sp³-hybridized carbons (Fsp3) is 0.353. The minimum Gasteiger partial charge on any atom is -0.379 e. The number of benzene rings is 1. The van der Waals surface area contributed by atoms with Gasteiger partial charge in [0.05, 0.1) is 12.2 Å². The molecule has 1 N–H and O–H groups in total. The number of hydrogen-bond acceptors (Lipinski definition) is 5. The lowest BCUT2D eigenvalue weighted by Gasteiger charge is -2.13. The molecule has 2 aromatic heterocycles. The molecular weight excluding hydrogens is 308 g/mol. The van der Waals surface area contributed by atoms with E-state index in [1.165, 1.54) is 27.0 Å². The highest BCUT2D eigenvalue weighted by Gasteiger charge is 2.09. The summed E-state index contributed by atoms with van der Waals surface area (Å²) in [6.45, 7) is 6.78. The Labute approximate surface area is 139 Å². The topological polar surface area (TPSA) is 59.3 Å². The molecular formula is C17H20N4OS. The van der Waals surface area contributed by atoms with Crippen LogP contribution < -0.4 is 10.9 Å². The third-order valence-electron chi connectivity index (χ3n) is 3.83. The molecule has 0 bridgehead atoms. The first kappa shape index (κ1) is 15.7. The summed E-state index contributed by atoms with van der Waals surface area (Å²) in [6.07, 6.45) is 1.78. The van der Waals surface area contributed by atoms with E-state index >= 15 is 0 Å².